The molecule has 0 saturated carbocycles. The first kappa shape index (κ1) is 33.3. The summed E-state index contributed by atoms with van der Waals surface area (Å²) in [5.41, 5.74) is 14.9. The lowest BCUT2D eigenvalue weighted by Crippen LogP contribution is -2.34. The quantitative estimate of drug-likeness (QED) is 0.158. The summed E-state index contributed by atoms with van der Waals surface area (Å²) in [6.45, 7) is 9.60. The van der Waals surface area contributed by atoms with Gasteiger partial charge in [0.2, 0.25) is 0 Å². The van der Waals surface area contributed by atoms with E-state index in [2.05, 4.69) is 219 Å². The van der Waals surface area contributed by atoms with Gasteiger partial charge in [-0.25, -0.2) is 0 Å². The maximum absolute atomic E-state index is 2.45. The lowest BCUT2D eigenvalue weighted by atomic mass is 9.63. The topological polar surface area (TPSA) is 6.48 Å². The van der Waals surface area contributed by atoms with E-state index < -0.39 is 0 Å². The SMILES string of the molecule is CC1(C)CCC(C)(C)c2cc(N(c3ccccc3)c3cccc(-c4ccc(N(c5ccccc5)c5ccccc5-c5ccccc5)cc4)c3)ccc21. The molecule has 0 aliphatic heterocycles. The molecular weight excluding hydrogens is 629 g/mol. The minimum atomic E-state index is 0.127. The van der Waals surface area contributed by atoms with Gasteiger partial charge in [-0.3, -0.25) is 0 Å². The molecule has 1 aliphatic rings. The number of anilines is 6. The third-order valence-corrected chi connectivity index (χ3v) is 10.9. The van der Waals surface area contributed by atoms with Crippen molar-refractivity contribution in [3.05, 3.63) is 193 Å². The summed E-state index contributed by atoms with van der Waals surface area (Å²) < 4.78 is 0. The molecule has 0 bridgehead atoms. The van der Waals surface area contributed by atoms with Crippen LogP contribution in [0.1, 0.15) is 51.7 Å². The first-order chi connectivity index (χ1) is 25.3. The molecule has 2 nitrogen and oxygen atoms in total. The van der Waals surface area contributed by atoms with Gasteiger partial charge in [0, 0.05) is 34.0 Å². The minimum Gasteiger partial charge on any atom is -0.310 e. The predicted octanol–water partition coefficient (Wildman–Crippen LogP) is 14.3. The molecule has 0 atom stereocenters. The molecule has 0 radical (unpaired) electrons. The second kappa shape index (κ2) is 13.7. The molecule has 0 amide bonds. The number of rotatable bonds is 8. The Labute approximate surface area is 309 Å². The third-order valence-electron chi connectivity index (χ3n) is 10.9. The second-order valence-electron chi connectivity index (χ2n) is 15.3. The fraction of sp³-hybridized carbons (Fsp3) is 0.160. The highest BCUT2D eigenvalue weighted by Crippen LogP contribution is 2.48. The maximum atomic E-state index is 2.45. The van der Waals surface area contributed by atoms with Crippen LogP contribution in [0.5, 0.6) is 0 Å². The van der Waals surface area contributed by atoms with Crippen LogP contribution in [-0.4, -0.2) is 0 Å². The van der Waals surface area contributed by atoms with Crippen LogP contribution < -0.4 is 9.80 Å². The van der Waals surface area contributed by atoms with Crippen LogP contribution in [0.2, 0.25) is 0 Å². The van der Waals surface area contributed by atoms with Crippen molar-refractivity contribution in [2.75, 3.05) is 9.80 Å². The molecule has 0 N–H and O–H groups in total. The molecule has 8 rings (SSSR count). The summed E-state index contributed by atoms with van der Waals surface area (Å²) in [6.07, 6.45) is 2.39. The van der Waals surface area contributed by atoms with Gasteiger partial charge in [-0.1, -0.05) is 143 Å². The van der Waals surface area contributed by atoms with E-state index in [0.29, 0.717) is 0 Å². The summed E-state index contributed by atoms with van der Waals surface area (Å²) in [4.78, 5) is 4.77. The summed E-state index contributed by atoms with van der Waals surface area (Å²) in [5, 5.41) is 0. The van der Waals surface area contributed by atoms with Crippen molar-refractivity contribution in [3.63, 3.8) is 0 Å². The van der Waals surface area contributed by atoms with E-state index >= 15 is 0 Å². The maximum Gasteiger partial charge on any atom is 0.0540 e. The van der Waals surface area contributed by atoms with E-state index in [9.17, 15) is 0 Å². The Bertz CT molecular complexity index is 2290. The van der Waals surface area contributed by atoms with E-state index in [1.165, 1.54) is 51.9 Å². The van der Waals surface area contributed by atoms with Gasteiger partial charge >= 0.3 is 0 Å². The van der Waals surface area contributed by atoms with Gasteiger partial charge < -0.3 is 9.80 Å². The van der Waals surface area contributed by atoms with E-state index in [0.717, 1.165) is 28.4 Å². The van der Waals surface area contributed by atoms with E-state index in [-0.39, 0.29) is 10.8 Å². The van der Waals surface area contributed by atoms with E-state index in [1.807, 2.05) is 0 Å². The van der Waals surface area contributed by atoms with Gasteiger partial charge in [0.1, 0.15) is 0 Å². The van der Waals surface area contributed by atoms with Gasteiger partial charge in [0.15, 0.2) is 0 Å². The first-order valence-corrected chi connectivity index (χ1v) is 18.5. The molecular formula is C50H46N2. The molecule has 7 aromatic carbocycles. The summed E-state index contributed by atoms with van der Waals surface area (Å²) in [6, 6.07) is 65.9. The van der Waals surface area contributed by atoms with Crippen LogP contribution >= 0.6 is 0 Å². The molecule has 0 spiro atoms. The molecule has 0 heterocycles. The normalized spacial score (nSPS) is 14.3. The largest absolute Gasteiger partial charge is 0.310 e. The predicted molar refractivity (Wildman–Crippen MR) is 222 cm³/mol. The van der Waals surface area contributed by atoms with Gasteiger partial charge in [-0.05, 0) is 118 Å². The number of nitrogens with zero attached hydrogens (tertiary/aromatic N) is 2. The molecule has 0 aromatic heterocycles. The van der Waals surface area contributed by atoms with Crippen molar-refractivity contribution >= 4 is 34.1 Å². The third kappa shape index (κ3) is 6.42. The minimum absolute atomic E-state index is 0.127. The van der Waals surface area contributed by atoms with Gasteiger partial charge in [0.05, 0.1) is 5.69 Å². The van der Waals surface area contributed by atoms with Crippen LogP contribution in [0, 0.1) is 0 Å². The zero-order valence-electron chi connectivity index (χ0n) is 30.6. The van der Waals surface area contributed by atoms with Crippen molar-refractivity contribution in [3.8, 4) is 22.3 Å². The molecule has 0 fully saturated rings. The van der Waals surface area contributed by atoms with Crippen LogP contribution in [0.4, 0.5) is 34.1 Å². The average Bonchev–Trinajstić information content (AvgIpc) is 3.19. The number of benzene rings is 7. The Balaban J connectivity index is 1.19. The Morgan fingerprint density at radius 3 is 1.50 bits per heavy atom. The van der Waals surface area contributed by atoms with Crippen LogP contribution in [0.15, 0.2) is 182 Å². The lowest BCUT2D eigenvalue weighted by Gasteiger charge is -2.42. The van der Waals surface area contributed by atoms with Crippen molar-refractivity contribution in [1.82, 2.24) is 0 Å². The smallest absolute Gasteiger partial charge is 0.0540 e. The Hall–Kier alpha value is -5.86. The number of hydrogen-bond acceptors (Lipinski definition) is 2. The zero-order valence-corrected chi connectivity index (χ0v) is 30.6. The van der Waals surface area contributed by atoms with Crippen LogP contribution in [0.25, 0.3) is 22.3 Å². The van der Waals surface area contributed by atoms with Crippen LogP contribution in [0.3, 0.4) is 0 Å². The summed E-state index contributed by atoms with van der Waals surface area (Å²) in [7, 11) is 0. The highest BCUT2D eigenvalue weighted by atomic mass is 15.1. The standard InChI is InChI=1S/C50H46N2/c1-49(2)33-34-50(3,4)47-36-44(31-32-46(47)49)51(40-20-10-6-11-21-40)43-24-16-19-39(35-43)37-27-29-42(30-28-37)52(41-22-12-7-13-23-41)48-26-15-14-25-45(48)38-17-8-5-9-18-38/h5-32,35-36H,33-34H2,1-4H3. The lowest BCUT2D eigenvalue weighted by molar-refractivity contribution is 0.332. The zero-order chi connectivity index (χ0) is 35.7. The Morgan fingerprint density at radius 1 is 0.346 bits per heavy atom. The van der Waals surface area contributed by atoms with Gasteiger partial charge in [0.25, 0.3) is 0 Å². The van der Waals surface area contributed by atoms with Crippen molar-refractivity contribution in [1.29, 1.82) is 0 Å². The molecule has 0 saturated heterocycles. The summed E-state index contributed by atoms with van der Waals surface area (Å²) >= 11 is 0. The fourth-order valence-electron chi connectivity index (χ4n) is 7.90. The first-order valence-electron chi connectivity index (χ1n) is 18.5. The number of fused-ring (bicyclic) bond motifs is 1. The Kier molecular flexibility index (Phi) is 8.77. The average molecular weight is 675 g/mol. The highest BCUT2D eigenvalue weighted by Gasteiger charge is 2.37. The van der Waals surface area contributed by atoms with E-state index in [4.69, 9.17) is 0 Å². The molecule has 52 heavy (non-hydrogen) atoms. The molecule has 2 heteroatoms. The van der Waals surface area contributed by atoms with E-state index in [1.54, 1.807) is 0 Å². The Morgan fingerprint density at radius 2 is 0.827 bits per heavy atom. The summed E-state index contributed by atoms with van der Waals surface area (Å²) in [5.74, 6) is 0. The van der Waals surface area contributed by atoms with Crippen molar-refractivity contribution in [2.45, 2.75) is 51.4 Å². The number of hydrogen-bond donors (Lipinski definition) is 0. The van der Waals surface area contributed by atoms with Crippen molar-refractivity contribution in [2.24, 2.45) is 0 Å². The monoisotopic (exact) mass is 674 g/mol. The van der Waals surface area contributed by atoms with Crippen LogP contribution in [-0.2, 0) is 10.8 Å². The molecule has 7 aromatic rings. The fourth-order valence-corrected chi connectivity index (χ4v) is 7.90. The molecule has 256 valence electrons. The van der Waals surface area contributed by atoms with Crippen molar-refractivity contribution < 1.29 is 0 Å². The second-order valence-corrected chi connectivity index (χ2v) is 15.3. The molecule has 1 aliphatic carbocycles. The highest BCUT2D eigenvalue weighted by molar-refractivity contribution is 5.89. The number of para-hydroxylation sites is 3. The van der Waals surface area contributed by atoms with Gasteiger partial charge in [-0.2, -0.15) is 0 Å². The molecule has 0 unspecified atom stereocenters. The van der Waals surface area contributed by atoms with Gasteiger partial charge in [-0.15, -0.1) is 0 Å².